The summed E-state index contributed by atoms with van der Waals surface area (Å²) < 4.78 is 0. The zero-order valence-electron chi connectivity index (χ0n) is 6.54. The molecule has 0 saturated carbocycles. The molecule has 0 bridgehead atoms. The van der Waals surface area contributed by atoms with Gasteiger partial charge in [-0.3, -0.25) is 0 Å². The molecule has 0 unspecified atom stereocenters. The van der Waals surface area contributed by atoms with Gasteiger partial charge >= 0.3 is 29.6 Å². The molecule has 0 spiro atoms. The third-order valence-electron chi connectivity index (χ3n) is 1.21. The minimum atomic E-state index is 0. The van der Waals surface area contributed by atoms with Crippen LogP contribution in [0.25, 0.3) is 0 Å². The Hall–Kier alpha value is 1.00. The Morgan fingerprint density at radius 3 is 1.38 bits per heavy atom. The van der Waals surface area contributed by atoms with E-state index in [1.54, 1.807) is 0 Å². The Morgan fingerprint density at radius 1 is 0.750 bits per heavy atom. The average Bonchev–Trinajstić information content (AvgIpc) is 1.69. The first-order valence-electron chi connectivity index (χ1n) is 3.41. The second-order valence-corrected chi connectivity index (χ2v) is 2.06. The first-order chi connectivity index (χ1) is 3.41. The van der Waals surface area contributed by atoms with E-state index in [0.29, 0.717) is 0 Å². The van der Waals surface area contributed by atoms with Crippen LogP contribution >= 0.6 is 0 Å². The summed E-state index contributed by atoms with van der Waals surface area (Å²) in [4.78, 5) is 0. The molecule has 0 fully saturated rings. The molecular formula is C7H16Na+. The maximum Gasteiger partial charge on any atom is 1.00 e. The molecule has 0 aliphatic rings. The summed E-state index contributed by atoms with van der Waals surface area (Å²) in [5.74, 6) is 0. The Labute approximate surface area is 75.3 Å². The third-order valence-corrected chi connectivity index (χ3v) is 1.21. The van der Waals surface area contributed by atoms with Crippen LogP contribution in [0.3, 0.4) is 0 Å². The molecule has 1 heteroatoms. The standard InChI is InChI=1S/C7H16.Na/c1-3-5-7-6-4-2;/h3-7H2,1-2H3;/q;+1. The fourth-order valence-corrected chi connectivity index (χ4v) is 0.677. The zero-order chi connectivity index (χ0) is 5.54. The Kier molecular flexibility index (Phi) is 16.0. The molecule has 44 valence electrons. The van der Waals surface area contributed by atoms with Gasteiger partial charge in [-0.2, -0.15) is 0 Å². The van der Waals surface area contributed by atoms with Crippen molar-refractivity contribution in [2.45, 2.75) is 46.0 Å². The summed E-state index contributed by atoms with van der Waals surface area (Å²) in [6.45, 7) is 4.49. The molecule has 0 aromatic rings. The minimum absolute atomic E-state index is 0. The van der Waals surface area contributed by atoms with Gasteiger partial charge in [-0.1, -0.05) is 46.0 Å². The molecule has 0 aromatic carbocycles. The summed E-state index contributed by atoms with van der Waals surface area (Å²) in [7, 11) is 0. The monoisotopic (exact) mass is 123 g/mol. The van der Waals surface area contributed by atoms with Gasteiger partial charge in [-0.15, -0.1) is 0 Å². The number of rotatable bonds is 4. The SMILES string of the molecule is CCCCCCC.[Na+]. The third kappa shape index (κ3) is 10.1. The van der Waals surface area contributed by atoms with Crippen molar-refractivity contribution >= 4 is 0 Å². The maximum absolute atomic E-state index is 2.25. The van der Waals surface area contributed by atoms with Crippen molar-refractivity contribution in [1.82, 2.24) is 0 Å². The van der Waals surface area contributed by atoms with E-state index in [1.165, 1.54) is 32.1 Å². The van der Waals surface area contributed by atoms with E-state index in [2.05, 4.69) is 13.8 Å². The smallest absolute Gasteiger partial charge is 0.0654 e. The van der Waals surface area contributed by atoms with E-state index in [0.717, 1.165) is 0 Å². The van der Waals surface area contributed by atoms with Crippen molar-refractivity contribution in [3.63, 3.8) is 0 Å². The maximum atomic E-state index is 2.25. The van der Waals surface area contributed by atoms with Gasteiger partial charge in [0.05, 0.1) is 0 Å². The van der Waals surface area contributed by atoms with Crippen molar-refractivity contribution in [2.75, 3.05) is 0 Å². The first kappa shape index (κ1) is 11.8. The quantitative estimate of drug-likeness (QED) is 0.364. The predicted molar refractivity (Wildman–Crippen MR) is 34.4 cm³/mol. The van der Waals surface area contributed by atoms with Crippen LogP contribution in [0.2, 0.25) is 0 Å². The molecule has 0 heterocycles. The molecule has 0 N–H and O–H groups in total. The average molecular weight is 123 g/mol. The van der Waals surface area contributed by atoms with Crippen LogP contribution in [0.4, 0.5) is 0 Å². The molecule has 0 nitrogen and oxygen atoms in total. The van der Waals surface area contributed by atoms with Crippen LogP contribution in [-0.4, -0.2) is 0 Å². The molecule has 0 radical (unpaired) electrons. The summed E-state index contributed by atoms with van der Waals surface area (Å²) in [5.41, 5.74) is 0. The van der Waals surface area contributed by atoms with E-state index < -0.39 is 0 Å². The van der Waals surface area contributed by atoms with Crippen molar-refractivity contribution in [3.8, 4) is 0 Å². The van der Waals surface area contributed by atoms with E-state index in [4.69, 9.17) is 0 Å². The topological polar surface area (TPSA) is 0 Å². The largest absolute Gasteiger partial charge is 1.00 e. The van der Waals surface area contributed by atoms with E-state index in [-0.39, 0.29) is 29.6 Å². The number of hydrogen-bond acceptors (Lipinski definition) is 0. The van der Waals surface area contributed by atoms with Gasteiger partial charge in [0, 0.05) is 0 Å². The Balaban J connectivity index is 0. The number of unbranched alkanes of at least 4 members (excludes halogenated alkanes) is 4. The van der Waals surface area contributed by atoms with Crippen molar-refractivity contribution < 1.29 is 29.6 Å². The van der Waals surface area contributed by atoms with E-state index >= 15 is 0 Å². The van der Waals surface area contributed by atoms with Gasteiger partial charge in [-0.25, -0.2) is 0 Å². The van der Waals surface area contributed by atoms with Crippen molar-refractivity contribution in [2.24, 2.45) is 0 Å². The number of hydrogen-bond donors (Lipinski definition) is 0. The second kappa shape index (κ2) is 10.9. The minimum Gasteiger partial charge on any atom is -0.0654 e. The van der Waals surface area contributed by atoms with Crippen LogP contribution in [0.15, 0.2) is 0 Å². The summed E-state index contributed by atoms with van der Waals surface area (Å²) in [6, 6.07) is 0. The van der Waals surface area contributed by atoms with Gasteiger partial charge in [0.15, 0.2) is 0 Å². The van der Waals surface area contributed by atoms with Crippen LogP contribution in [0, 0.1) is 0 Å². The molecule has 8 heavy (non-hydrogen) atoms. The van der Waals surface area contributed by atoms with Crippen LogP contribution in [-0.2, 0) is 0 Å². The predicted octanol–water partition coefficient (Wildman–Crippen LogP) is -0.0193. The molecule has 0 aliphatic carbocycles. The summed E-state index contributed by atoms with van der Waals surface area (Å²) in [5, 5.41) is 0. The van der Waals surface area contributed by atoms with Crippen molar-refractivity contribution in [1.29, 1.82) is 0 Å². The van der Waals surface area contributed by atoms with Gasteiger partial charge < -0.3 is 0 Å². The van der Waals surface area contributed by atoms with Gasteiger partial charge in [0.2, 0.25) is 0 Å². The molecule has 0 aliphatic heterocycles. The summed E-state index contributed by atoms with van der Waals surface area (Å²) >= 11 is 0. The molecule has 0 saturated heterocycles. The second-order valence-electron chi connectivity index (χ2n) is 2.06. The van der Waals surface area contributed by atoms with Crippen LogP contribution < -0.4 is 29.6 Å². The molecule has 0 atom stereocenters. The Morgan fingerprint density at radius 2 is 1.12 bits per heavy atom. The van der Waals surface area contributed by atoms with Crippen LogP contribution in [0.1, 0.15) is 46.0 Å². The van der Waals surface area contributed by atoms with Gasteiger partial charge in [-0.05, 0) is 0 Å². The molecular weight excluding hydrogens is 107 g/mol. The molecule has 0 aromatic heterocycles. The van der Waals surface area contributed by atoms with Crippen LogP contribution in [0.5, 0.6) is 0 Å². The molecule has 0 amide bonds. The molecule has 0 rings (SSSR count). The fraction of sp³-hybridized carbons (Fsp3) is 1.00. The van der Waals surface area contributed by atoms with Crippen molar-refractivity contribution in [3.05, 3.63) is 0 Å². The first-order valence-corrected chi connectivity index (χ1v) is 3.41. The summed E-state index contributed by atoms with van der Waals surface area (Å²) in [6.07, 6.45) is 7.01. The zero-order valence-corrected chi connectivity index (χ0v) is 8.54. The van der Waals surface area contributed by atoms with Gasteiger partial charge in [0.25, 0.3) is 0 Å². The van der Waals surface area contributed by atoms with Gasteiger partial charge in [0.1, 0.15) is 0 Å². The Bertz CT molecular complexity index is 23.6. The van der Waals surface area contributed by atoms with E-state index in [9.17, 15) is 0 Å². The fourth-order valence-electron chi connectivity index (χ4n) is 0.677. The van der Waals surface area contributed by atoms with E-state index in [1.807, 2.05) is 0 Å². The normalized spacial score (nSPS) is 8.25.